The monoisotopic (exact) mass is 493 g/mol. The number of thiophene rings is 1. The van der Waals surface area contributed by atoms with Gasteiger partial charge < -0.3 is 19.9 Å². The predicted molar refractivity (Wildman–Crippen MR) is 122 cm³/mol. The fourth-order valence-electron chi connectivity index (χ4n) is 3.41. The van der Waals surface area contributed by atoms with Crippen molar-refractivity contribution in [2.24, 2.45) is 0 Å². The molecule has 0 aliphatic heterocycles. The summed E-state index contributed by atoms with van der Waals surface area (Å²) in [6.45, 7) is 3.17. The normalized spacial score (nSPS) is 14.2. The van der Waals surface area contributed by atoms with Crippen molar-refractivity contribution in [3.05, 3.63) is 46.3 Å². The zero-order valence-corrected chi connectivity index (χ0v) is 18.9. The first kappa shape index (κ1) is 22.4. The Hall–Kier alpha value is -2.32. The summed E-state index contributed by atoms with van der Waals surface area (Å²) < 4.78 is 10.9. The molecule has 1 saturated carbocycles. The Morgan fingerprint density at radius 3 is 2.77 bits per heavy atom. The number of hydrogen-bond acceptors (Lipinski definition) is 6. The van der Waals surface area contributed by atoms with E-state index in [9.17, 15) is 14.7 Å². The molecule has 6 nitrogen and oxygen atoms in total. The van der Waals surface area contributed by atoms with Gasteiger partial charge in [-0.05, 0) is 46.5 Å². The number of hydrogen-bond donors (Lipinski definition) is 2. The average Bonchev–Trinajstić information content (AvgIpc) is 3.08. The molecule has 0 bridgehead atoms. The third kappa shape index (κ3) is 5.64. The number of nitrogens with one attached hydrogen (secondary N) is 1. The highest BCUT2D eigenvalue weighted by Gasteiger charge is 2.25. The molecule has 0 atom stereocenters. The second kappa shape index (κ2) is 10.6. The van der Waals surface area contributed by atoms with E-state index < -0.39 is 11.9 Å². The average molecular weight is 494 g/mol. The van der Waals surface area contributed by atoms with Gasteiger partial charge in [-0.3, -0.25) is 0 Å². The first-order chi connectivity index (χ1) is 14.5. The van der Waals surface area contributed by atoms with E-state index in [0.29, 0.717) is 10.5 Å². The number of carboxylic acid groups (broad SMARTS) is 1. The largest absolute Gasteiger partial charge is 0.479 e. The minimum absolute atomic E-state index is 0.0269. The van der Waals surface area contributed by atoms with Crippen molar-refractivity contribution in [1.82, 2.24) is 0 Å². The van der Waals surface area contributed by atoms with Gasteiger partial charge in [-0.15, -0.1) is 11.3 Å². The third-order valence-corrected chi connectivity index (χ3v) is 7.03. The Labute approximate surface area is 188 Å². The van der Waals surface area contributed by atoms with E-state index in [1.807, 2.05) is 24.3 Å². The van der Waals surface area contributed by atoms with Crippen LogP contribution in [-0.2, 0) is 9.53 Å². The van der Waals surface area contributed by atoms with Crippen LogP contribution in [0.4, 0.5) is 5.69 Å². The number of esters is 1. The quantitative estimate of drug-likeness (QED) is 0.342. The van der Waals surface area contributed by atoms with E-state index in [1.165, 1.54) is 25.3 Å². The van der Waals surface area contributed by atoms with Crippen LogP contribution in [0.15, 0.2) is 41.4 Å². The lowest BCUT2D eigenvalue weighted by molar-refractivity contribution is -0.144. The summed E-state index contributed by atoms with van der Waals surface area (Å²) in [6.07, 6.45) is 7.55. The van der Waals surface area contributed by atoms with Crippen LogP contribution in [0, 0.1) is 0 Å². The van der Waals surface area contributed by atoms with Gasteiger partial charge in [0.05, 0.1) is 9.35 Å². The fraction of sp³-hybridized carbons (Fsp3) is 0.364. The Morgan fingerprint density at radius 1 is 1.30 bits per heavy atom. The summed E-state index contributed by atoms with van der Waals surface area (Å²) in [7, 11) is 0. The number of benzene rings is 1. The molecule has 0 amide bonds. The van der Waals surface area contributed by atoms with Crippen LogP contribution in [0.1, 0.15) is 41.8 Å². The molecule has 0 unspecified atom stereocenters. The molecule has 1 aliphatic carbocycles. The van der Waals surface area contributed by atoms with Crippen molar-refractivity contribution in [3.63, 3.8) is 0 Å². The molecule has 1 aromatic carbocycles. The highest BCUT2D eigenvalue weighted by atomic mass is 79.9. The van der Waals surface area contributed by atoms with Crippen molar-refractivity contribution < 1.29 is 24.2 Å². The number of rotatable bonds is 9. The highest BCUT2D eigenvalue weighted by Crippen LogP contribution is 2.46. The summed E-state index contributed by atoms with van der Waals surface area (Å²) in [5, 5.41) is 13.2. The minimum Gasteiger partial charge on any atom is -0.479 e. The molecule has 1 aliphatic rings. The molecular formula is C22H24BrNO5S. The number of carbonyl (C=O) groups is 2. The molecule has 8 heteroatoms. The topological polar surface area (TPSA) is 84.9 Å². The van der Waals surface area contributed by atoms with Crippen molar-refractivity contribution in [3.8, 4) is 16.2 Å². The van der Waals surface area contributed by atoms with Crippen LogP contribution in [0.25, 0.3) is 10.4 Å². The number of halogens is 1. The summed E-state index contributed by atoms with van der Waals surface area (Å²) >= 11 is 4.57. The van der Waals surface area contributed by atoms with Crippen LogP contribution in [0.5, 0.6) is 5.75 Å². The standard InChI is InChI=1S/C22H24BrNO5S/c1-2-11-28-17(25)13-29-19-18(23)20(30-21(19)22(26)27)14-7-6-10-16(12-14)24-15-8-4-3-5-9-15/h2,6-7,10,12,15,24H,1,3-5,8-9,11,13H2,(H,26,27). The van der Waals surface area contributed by atoms with E-state index >= 15 is 0 Å². The number of carboxylic acids is 1. The second-order valence-corrected chi connectivity index (χ2v) is 8.84. The smallest absolute Gasteiger partial charge is 0.349 e. The molecule has 1 aromatic heterocycles. The first-order valence-corrected chi connectivity index (χ1v) is 11.4. The van der Waals surface area contributed by atoms with E-state index in [4.69, 9.17) is 9.47 Å². The fourth-order valence-corrected chi connectivity index (χ4v) is 5.30. The molecular weight excluding hydrogens is 470 g/mol. The number of aromatic carboxylic acids is 1. The third-order valence-electron chi connectivity index (χ3n) is 4.80. The molecule has 2 N–H and O–H groups in total. The molecule has 3 rings (SSSR count). The zero-order valence-electron chi connectivity index (χ0n) is 16.5. The SMILES string of the molecule is C=CCOC(=O)COc1c(C(=O)O)sc(-c2cccc(NC3CCCCC3)c2)c1Br. The summed E-state index contributed by atoms with van der Waals surface area (Å²) in [4.78, 5) is 24.2. The van der Waals surface area contributed by atoms with E-state index in [1.54, 1.807) is 0 Å². The predicted octanol–water partition coefficient (Wildman–Crippen LogP) is 5.73. The minimum atomic E-state index is -1.11. The van der Waals surface area contributed by atoms with Crippen LogP contribution in [-0.4, -0.2) is 36.3 Å². The Balaban J connectivity index is 1.81. The van der Waals surface area contributed by atoms with Gasteiger partial charge in [0.2, 0.25) is 0 Å². The van der Waals surface area contributed by atoms with E-state index in [0.717, 1.165) is 40.3 Å². The van der Waals surface area contributed by atoms with Gasteiger partial charge in [-0.2, -0.15) is 0 Å². The lowest BCUT2D eigenvalue weighted by Crippen LogP contribution is -2.22. The lowest BCUT2D eigenvalue weighted by Gasteiger charge is -2.24. The Morgan fingerprint density at radius 2 is 2.07 bits per heavy atom. The molecule has 30 heavy (non-hydrogen) atoms. The maximum absolute atomic E-state index is 11.7. The van der Waals surface area contributed by atoms with Crippen molar-refractivity contribution in [2.75, 3.05) is 18.5 Å². The van der Waals surface area contributed by atoms with Gasteiger partial charge >= 0.3 is 11.9 Å². The lowest BCUT2D eigenvalue weighted by atomic mass is 9.95. The molecule has 160 valence electrons. The van der Waals surface area contributed by atoms with Gasteiger partial charge in [-0.25, -0.2) is 9.59 Å². The molecule has 1 heterocycles. The molecule has 1 fully saturated rings. The maximum Gasteiger partial charge on any atom is 0.349 e. The molecule has 0 spiro atoms. The van der Waals surface area contributed by atoms with Crippen molar-refractivity contribution >= 4 is 44.9 Å². The van der Waals surface area contributed by atoms with Gasteiger partial charge in [0.1, 0.15) is 6.61 Å². The number of carbonyl (C=O) groups excluding carboxylic acids is 1. The van der Waals surface area contributed by atoms with Gasteiger partial charge in [0.25, 0.3) is 0 Å². The van der Waals surface area contributed by atoms with Gasteiger partial charge in [0.15, 0.2) is 17.2 Å². The van der Waals surface area contributed by atoms with E-state index in [-0.39, 0.29) is 23.8 Å². The van der Waals surface area contributed by atoms with Crippen LogP contribution in [0.3, 0.4) is 0 Å². The molecule has 0 saturated heterocycles. The van der Waals surface area contributed by atoms with E-state index in [2.05, 4.69) is 27.8 Å². The van der Waals surface area contributed by atoms with Gasteiger partial charge in [0, 0.05) is 11.7 Å². The maximum atomic E-state index is 11.7. The summed E-state index contributed by atoms with van der Waals surface area (Å²) in [5.41, 5.74) is 1.88. The first-order valence-electron chi connectivity index (χ1n) is 9.81. The van der Waals surface area contributed by atoms with Crippen LogP contribution >= 0.6 is 27.3 Å². The Kier molecular flexibility index (Phi) is 7.93. The molecule has 0 radical (unpaired) electrons. The Bertz CT molecular complexity index is 920. The highest BCUT2D eigenvalue weighted by molar-refractivity contribution is 9.10. The second-order valence-electron chi connectivity index (χ2n) is 7.03. The van der Waals surface area contributed by atoms with Crippen molar-refractivity contribution in [2.45, 2.75) is 38.1 Å². The van der Waals surface area contributed by atoms with Crippen molar-refractivity contribution in [1.29, 1.82) is 0 Å². The number of anilines is 1. The summed E-state index contributed by atoms with van der Waals surface area (Å²) in [6, 6.07) is 8.37. The number of ether oxygens (including phenoxy) is 2. The summed E-state index contributed by atoms with van der Waals surface area (Å²) in [5.74, 6) is -1.58. The van der Waals surface area contributed by atoms with Gasteiger partial charge in [-0.1, -0.05) is 44.1 Å². The van der Waals surface area contributed by atoms with Crippen LogP contribution in [0.2, 0.25) is 0 Å². The zero-order chi connectivity index (χ0) is 21.5. The molecule has 2 aromatic rings. The van der Waals surface area contributed by atoms with Crippen LogP contribution < -0.4 is 10.1 Å².